The molecule has 92 valence electrons. The topological polar surface area (TPSA) is 63.4 Å². The van der Waals surface area contributed by atoms with Gasteiger partial charge in [-0.2, -0.15) is 0 Å². The second kappa shape index (κ2) is 6.81. The molecule has 0 saturated carbocycles. The van der Waals surface area contributed by atoms with Crippen molar-refractivity contribution in [2.45, 2.75) is 6.42 Å². The Morgan fingerprint density at radius 1 is 1.59 bits per heavy atom. The minimum Gasteiger partial charge on any atom is -0.338 e. The summed E-state index contributed by atoms with van der Waals surface area (Å²) in [6.07, 6.45) is 8.46. The molecule has 0 radical (unpaired) electrons. The average molecular weight is 234 g/mol. The third kappa shape index (κ3) is 4.00. The normalized spacial score (nSPS) is 21.2. The van der Waals surface area contributed by atoms with Gasteiger partial charge >= 0.3 is 0 Å². The first kappa shape index (κ1) is 13.4. The number of carbonyl (C=O) groups excluding carboxylic acids is 2. The number of nitrogens with two attached hydrogens (primary N) is 1. The Balaban J connectivity index is 2.48. The van der Waals surface area contributed by atoms with Crippen molar-refractivity contribution in [2.75, 3.05) is 19.6 Å². The van der Waals surface area contributed by atoms with E-state index in [1.165, 1.54) is 0 Å². The van der Waals surface area contributed by atoms with Crippen LogP contribution in [0.4, 0.5) is 0 Å². The molecule has 0 aromatic carbocycles. The van der Waals surface area contributed by atoms with E-state index < -0.39 is 0 Å². The van der Waals surface area contributed by atoms with E-state index in [0.29, 0.717) is 26.1 Å². The smallest absolute Gasteiger partial charge is 0.223 e. The van der Waals surface area contributed by atoms with Crippen molar-refractivity contribution >= 4 is 12.2 Å². The third-order valence-corrected chi connectivity index (χ3v) is 2.66. The summed E-state index contributed by atoms with van der Waals surface area (Å²) in [7, 11) is 0. The summed E-state index contributed by atoms with van der Waals surface area (Å²) in [5.41, 5.74) is 6.49. The minimum atomic E-state index is -0.145. The largest absolute Gasteiger partial charge is 0.338 e. The van der Waals surface area contributed by atoms with Crippen molar-refractivity contribution in [3.05, 3.63) is 36.5 Å². The van der Waals surface area contributed by atoms with E-state index in [1.807, 2.05) is 18.2 Å². The minimum absolute atomic E-state index is 0.0359. The van der Waals surface area contributed by atoms with Crippen LogP contribution < -0.4 is 5.73 Å². The van der Waals surface area contributed by atoms with Crippen LogP contribution in [0.5, 0.6) is 0 Å². The molecular weight excluding hydrogens is 216 g/mol. The van der Waals surface area contributed by atoms with Crippen LogP contribution >= 0.6 is 0 Å². The van der Waals surface area contributed by atoms with Gasteiger partial charge in [0.1, 0.15) is 6.29 Å². The molecule has 17 heavy (non-hydrogen) atoms. The highest BCUT2D eigenvalue weighted by Crippen LogP contribution is 2.15. The molecule has 1 atom stereocenters. The standard InChI is InChI=1S/C13H18N2O2/c1-2-4-11(8-14)5-3-6-15-9-12(10-16)7-13(15)17/h2-5,10,12H,1,6-9,14H2/b5-3-,11-4+. The van der Waals surface area contributed by atoms with Crippen LogP contribution in [0.15, 0.2) is 36.5 Å². The van der Waals surface area contributed by atoms with E-state index in [-0.39, 0.29) is 11.8 Å². The number of amides is 1. The maximum absolute atomic E-state index is 11.5. The fraction of sp³-hybridized carbons (Fsp3) is 0.385. The lowest BCUT2D eigenvalue weighted by Gasteiger charge is -2.12. The molecule has 0 aromatic heterocycles. The quantitative estimate of drug-likeness (QED) is 0.542. The molecule has 1 aliphatic heterocycles. The average Bonchev–Trinajstić information content (AvgIpc) is 2.69. The monoisotopic (exact) mass is 234 g/mol. The fourth-order valence-electron chi connectivity index (χ4n) is 1.74. The Bertz CT molecular complexity index is 358. The molecular formula is C13H18N2O2. The molecule has 1 aliphatic rings. The predicted molar refractivity (Wildman–Crippen MR) is 67.2 cm³/mol. The summed E-state index contributed by atoms with van der Waals surface area (Å²) >= 11 is 0. The van der Waals surface area contributed by atoms with Gasteiger partial charge in [-0.25, -0.2) is 0 Å². The molecule has 4 nitrogen and oxygen atoms in total. The van der Waals surface area contributed by atoms with Crippen LogP contribution in [-0.4, -0.2) is 36.7 Å². The number of aldehydes is 1. The number of carbonyl (C=O) groups is 2. The Kier molecular flexibility index (Phi) is 5.36. The Morgan fingerprint density at radius 3 is 2.88 bits per heavy atom. The lowest BCUT2D eigenvalue weighted by molar-refractivity contribution is -0.127. The predicted octanol–water partition coefficient (Wildman–Crippen LogP) is 0.661. The SMILES string of the molecule is C=C/C=C(\C=C/CN1CC(C=O)CC1=O)CN. The number of hydrogen-bond acceptors (Lipinski definition) is 3. The van der Waals surface area contributed by atoms with Crippen LogP contribution in [0.2, 0.25) is 0 Å². The van der Waals surface area contributed by atoms with Gasteiger partial charge < -0.3 is 15.4 Å². The van der Waals surface area contributed by atoms with Crippen molar-refractivity contribution in [1.29, 1.82) is 0 Å². The Hall–Kier alpha value is -1.68. The second-order valence-corrected chi connectivity index (χ2v) is 3.98. The van der Waals surface area contributed by atoms with E-state index in [9.17, 15) is 9.59 Å². The van der Waals surface area contributed by atoms with Crippen LogP contribution in [-0.2, 0) is 9.59 Å². The first-order chi connectivity index (χ1) is 8.21. The number of hydrogen-bond donors (Lipinski definition) is 1. The van der Waals surface area contributed by atoms with Crippen LogP contribution in [0.1, 0.15) is 6.42 Å². The second-order valence-electron chi connectivity index (χ2n) is 3.98. The van der Waals surface area contributed by atoms with E-state index in [0.717, 1.165) is 11.9 Å². The van der Waals surface area contributed by atoms with E-state index in [2.05, 4.69) is 6.58 Å². The molecule has 0 aromatic rings. The van der Waals surface area contributed by atoms with Gasteiger partial charge in [-0.1, -0.05) is 30.9 Å². The summed E-state index contributed by atoms with van der Waals surface area (Å²) in [4.78, 5) is 23.7. The van der Waals surface area contributed by atoms with Gasteiger partial charge in [0.2, 0.25) is 5.91 Å². The Labute approximate surface area is 101 Å². The molecule has 0 bridgehead atoms. The zero-order valence-corrected chi connectivity index (χ0v) is 9.84. The molecule has 1 rings (SSSR count). The number of likely N-dealkylation sites (tertiary alicyclic amines) is 1. The van der Waals surface area contributed by atoms with E-state index in [1.54, 1.807) is 11.0 Å². The summed E-state index contributed by atoms with van der Waals surface area (Å²) in [5.74, 6) is -0.109. The number of allylic oxidation sites excluding steroid dienone is 2. The van der Waals surface area contributed by atoms with E-state index >= 15 is 0 Å². The molecule has 1 unspecified atom stereocenters. The first-order valence-corrected chi connectivity index (χ1v) is 5.62. The number of nitrogens with zero attached hydrogens (tertiary/aromatic N) is 1. The summed E-state index contributed by atoms with van der Waals surface area (Å²) in [6.45, 7) is 5.08. The highest BCUT2D eigenvalue weighted by Gasteiger charge is 2.27. The fourth-order valence-corrected chi connectivity index (χ4v) is 1.74. The molecule has 1 saturated heterocycles. The van der Waals surface area contributed by atoms with Crippen molar-refractivity contribution in [1.82, 2.24) is 4.90 Å². The maximum Gasteiger partial charge on any atom is 0.223 e. The van der Waals surface area contributed by atoms with E-state index in [4.69, 9.17) is 5.73 Å². The lowest BCUT2D eigenvalue weighted by Crippen LogP contribution is -2.25. The highest BCUT2D eigenvalue weighted by atomic mass is 16.2. The summed E-state index contributed by atoms with van der Waals surface area (Å²) < 4.78 is 0. The summed E-state index contributed by atoms with van der Waals surface area (Å²) in [5, 5.41) is 0. The lowest BCUT2D eigenvalue weighted by atomic mass is 10.1. The van der Waals surface area contributed by atoms with Gasteiger partial charge in [0.15, 0.2) is 0 Å². The molecule has 1 amide bonds. The molecule has 0 spiro atoms. The molecule has 0 aliphatic carbocycles. The van der Waals surface area contributed by atoms with Crippen LogP contribution in [0.3, 0.4) is 0 Å². The molecule has 4 heteroatoms. The molecule has 1 fully saturated rings. The van der Waals surface area contributed by atoms with Crippen molar-refractivity contribution in [2.24, 2.45) is 11.7 Å². The first-order valence-electron chi connectivity index (χ1n) is 5.62. The van der Waals surface area contributed by atoms with Gasteiger partial charge in [0, 0.05) is 32.0 Å². The van der Waals surface area contributed by atoms with Crippen molar-refractivity contribution in [3.63, 3.8) is 0 Å². The zero-order valence-electron chi connectivity index (χ0n) is 9.84. The van der Waals surface area contributed by atoms with Crippen LogP contribution in [0.25, 0.3) is 0 Å². The zero-order chi connectivity index (χ0) is 12.7. The van der Waals surface area contributed by atoms with Gasteiger partial charge in [-0.3, -0.25) is 4.79 Å². The number of rotatable bonds is 6. The van der Waals surface area contributed by atoms with Gasteiger partial charge in [-0.05, 0) is 5.57 Å². The van der Waals surface area contributed by atoms with Gasteiger partial charge in [0.25, 0.3) is 0 Å². The Morgan fingerprint density at radius 2 is 2.35 bits per heavy atom. The van der Waals surface area contributed by atoms with Gasteiger partial charge in [0.05, 0.1) is 0 Å². The third-order valence-electron chi connectivity index (χ3n) is 2.66. The van der Waals surface area contributed by atoms with Crippen LogP contribution in [0, 0.1) is 5.92 Å². The van der Waals surface area contributed by atoms with Gasteiger partial charge in [-0.15, -0.1) is 0 Å². The molecule has 1 heterocycles. The maximum atomic E-state index is 11.5. The van der Waals surface area contributed by atoms with Crippen molar-refractivity contribution in [3.8, 4) is 0 Å². The molecule has 2 N–H and O–H groups in total. The highest BCUT2D eigenvalue weighted by molar-refractivity contribution is 5.82. The van der Waals surface area contributed by atoms with Crippen molar-refractivity contribution < 1.29 is 9.59 Å². The summed E-state index contributed by atoms with van der Waals surface area (Å²) in [6, 6.07) is 0.